The van der Waals surface area contributed by atoms with E-state index in [2.05, 4.69) is 16.0 Å². The van der Waals surface area contributed by atoms with E-state index in [9.17, 15) is 34.5 Å². The van der Waals surface area contributed by atoms with Crippen molar-refractivity contribution >= 4 is 23.9 Å². The summed E-state index contributed by atoms with van der Waals surface area (Å²) in [5.41, 5.74) is 5.80. The Morgan fingerprint density at radius 3 is 1.84 bits per heavy atom. The number of alkyl carbamates (subject to hydrolysis) is 1. The normalized spacial score (nSPS) is 13.6. The van der Waals surface area contributed by atoms with Gasteiger partial charge in [0.25, 0.3) is 5.91 Å². The van der Waals surface area contributed by atoms with Crippen LogP contribution in [0, 0.1) is 0 Å². The number of benzene rings is 4. The summed E-state index contributed by atoms with van der Waals surface area (Å²) in [5, 5.41) is 37.8. The molecule has 1 aliphatic rings. The van der Waals surface area contributed by atoms with Crippen molar-refractivity contribution < 1.29 is 44.0 Å². The van der Waals surface area contributed by atoms with Gasteiger partial charge in [-0.15, -0.1) is 0 Å². The molecule has 12 heteroatoms. The molecular weight excluding hydrogens is 654 g/mol. The van der Waals surface area contributed by atoms with Crippen molar-refractivity contribution in [2.45, 2.75) is 43.1 Å². The number of esters is 1. The Balaban J connectivity index is 1.01. The number of fused-ring (bicyclic) bond motifs is 3. The maximum atomic E-state index is 12.7. The number of hydrogen-bond donors (Lipinski definition) is 6. The van der Waals surface area contributed by atoms with Crippen LogP contribution in [0.1, 0.15) is 47.1 Å². The van der Waals surface area contributed by atoms with Crippen molar-refractivity contribution in [3.8, 4) is 11.1 Å². The van der Waals surface area contributed by atoms with Crippen LogP contribution in [0.2, 0.25) is 0 Å². The molecule has 0 saturated carbocycles. The summed E-state index contributed by atoms with van der Waals surface area (Å²) in [6.07, 6.45) is -5.60. The van der Waals surface area contributed by atoms with Crippen LogP contribution in [0.15, 0.2) is 109 Å². The lowest BCUT2D eigenvalue weighted by atomic mass is 9.98. The number of carbonyl (C=O) groups is 4. The molecule has 0 bridgehead atoms. The largest absolute Gasteiger partial charge is 0.452 e. The first-order valence-corrected chi connectivity index (χ1v) is 16.7. The van der Waals surface area contributed by atoms with Crippen LogP contribution in [0.4, 0.5) is 4.79 Å². The molecule has 5 rings (SSSR count). The SMILES string of the molecule is O=C(CNC(=O)OCC1c2ccccc2-c2ccccc21)NC(CO)C[C@@H](O)[C@H](O)C(=O)NCCC(=O)OC(c1ccccc1)c1ccccc1. The molecule has 0 aromatic heterocycles. The van der Waals surface area contributed by atoms with E-state index in [0.717, 1.165) is 33.4 Å². The molecule has 0 aliphatic heterocycles. The standard InChI is InChI=1S/C39H41N3O9/c43-23-27(42-34(45)22-41-39(49)50-24-32-30-17-9-7-15-28(30)29-16-8-10-18-31(29)32)21-33(44)36(47)38(48)40-20-19-35(46)51-37(25-11-3-1-4-12-25)26-13-5-2-6-14-26/h1-18,27,32-33,36-37,43-44,47H,19-24H2,(H,40,48)(H,41,49)(H,42,45)/t27?,33-,36+/m1/s1. The topological polar surface area (TPSA) is 184 Å². The molecule has 6 N–H and O–H groups in total. The molecule has 3 atom stereocenters. The van der Waals surface area contributed by atoms with Crippen molar-refractivity contribution in [1.82, 2.24) is 16.0 Å². The summed E-state index contributed by atoms with van der Waals surface area (Å²) in [6, 6.07) is 33.2. The van der Waals surface area contributed by atoms with Crippen molar-refractivity contribution in [2.75, 3.05) is 26.3 Å². The predicted octanol–water partition coefficient (Wildman–Crippen LogP) is 2.95. The first-order valence-electron chi connectivity index (χ1n) is 16.7. The Hall–Kier alpha value is -5.56. The summed E-state index contributed by atoms with van der Waals surface area (Å²) in [7, 11) is 0. The van der Waals surface area contributed by atoms with Crippen LogP contribution in [0.3, 0.4) is 0 Å². The van der Waals surface area contributed by atoms with Crippen LogP contribution in [0.25, 0.3) is 11.1 Å². The van der Waals surface area contributed by atoms with E-state index < -0.39 is 61.4 Å². The van der Waals surface area contributed by atoms with Crippen molar-refractivity contribution in [3.05, 3.63) is 131 Å². The first kappa shape index (κ1) is 36.7. The average molecular weight is 696 g/mol. The number of aliphatic hydroxyl groups is 3. The fraction of sp³-hybridized carbons (Fsp3) is 0.282. The van der Waals surface area contributed by atoms with Gasteiger partial charge in [0.2, 0.25) is 5.91 Å². The number of rotatable bonds is 16. The summed E-state index contributed by atoms with van der Waals surface area (Å²) in [4.78, 5) is 50.1. The van der Waals surface area contributed by atoms with Gasteiger partial charge in [0.15, 0.2) is 12.2 Å². The second kappa shape index (κ2) is 17.9. The van der Waals surface area contributed by atoms with Gasteiger partial charge in [-0.3, -0.25) is 14.4 Å². The molecule has 51 heavy (non-hydrogen) atoms. The first-order chi connectivity index (χ1) is 24.7. The van der Waals surface area contributed by atoms with Crippen molar-refractivity contribution in [3.63, 3.8) is 0 Å². The molecule has 0 heterocycles. The molecule has 0 saturated heterocycles. The maximum absolute atomic E-state index is 12.7. The van der Waals surface area contributed by atoms with Gasteiger partial charge in [-0.25, -0.2) is 4.79 Å². The zero-order valence-electron chi connectivity index (χ0n) is 27.8. The number of nitrogens with one attached hydrogen (secondary N) is 3. The van der Waals surface area contributed by atoms with Crippen LogP contribution < -0.4 is 16.0 Å². The summed E-state index contributed by atoms with van der Waals surface area (Å²) < 4.78 is 11.1. The van der Waals surface area contributed by atoms with Gasteiger partial charge >= 0.3 is 12.1 Å². The highest BCUT2D eigenvalue weighted by Gasteiger charge is 2.30. The second-order valence-electron chi connectivity index (χ2n) is 12.1. The highest BCUT2D eigenvalue weighted by Crippen LogP contribution is 2.44. The van der Waals surface area contributed by atoms with E-state index in [1.807, 2.05) is 109 Å². The number of amides is 3. The third kappa shape index (κ3) is 9.79. The Morgan fingerprint density at radius 1 is 0.725 bits per heavy atom. The van der Waals surface area contributed by atoms with E-state index in [-0.39, 0.29) is 31.9 Å². The zero-order chi connectivity index (χ0) is 36.2. The van der Waals surface area contributed by atoms with Gasteiger partial charge in [-0.1, -0.05) is 109 Å². The van der Waals surface area contributed by atoms with Crippen LogP contribution >= 0.6 is 0 Å². The lowest BCUT2D eigenvalue weighted by Gasteiger charge is -2.23. The van der Waals surface area contributed by atoms with Gasteiger partial charge in [0.05, 0.1) is 25.2 Å². The minimum absolute atomic E-state index is 0.0654. The van der Waals surface area contributed by atoms with E-state index in [4.69, 9.17) is 9.47 Å². The smallest absolute Gasteiger partial charge is 0.407 e. The third-order valence-corrected chi connectivity index (χ3v) is 8.56. The quantitative estimate of drug-likeness (QED) is 0.0960. The monoisotopic (exact) mass is 695 g/mol. The highest BCUT2D eigenvalue weighted by atomic mass is 16.6. The predicted molar refractivity (Wildman–Crippen MR) is 187 cm³/mol. The molecule has 266 valence electrons. The summed E-state index contributed by atoms with van der Waals surface area (Å²) in [6.45, 7) is -1.19. The Kier molecular flexibility index (Phi) is 12.9. The van der Waals surface area contributed by atoms with Gasteiger partial charge in [0.1, 0.15) is 13.2 Å². The summed E-state index contributed by atoms with van der Waals surface area (Å²) >= 11 is 0. The molecule has 0 radical (unpaired) electrons. The second-order valence-corrected chi connectivity index (χ2v) is 12.1. The molecule has 4 aromatic rings. The molecule has 1 unspecified atom stereocenters. The fourth-order valence-electron chi connectivity index (χ4n) is 6.02. The average Bonchev–Trinajstić information content (AvgIpc) is 3.48. The van der Waals surface area contributed by atoms with Crippen LogP contribution in [-0.4, -0.2) is 83.7 Å². The van der Waals surface area contributed by atoms with E-state index in [1.165, 1.54) is 0 Å². The van der Waals surface area contributed by atoms with Gasteiger partial charge < -0.3 is 40.7 Å². The third-order valence-electron chi connectivity index (χ3n) is 8.56. The lowest BCUT2D eigenvalue weighted by Crippen LogP contribution is -2.49. The lowest BCUT2D eigenvalue weighted by molar-refractivity contribution is -0.147. The number of aliphatic hydroxyl groups excluding tert-OH is 3. The van der Waals surface area contributed by atoms with E-state index in [0.29, 0.717) is 0 Å². The highest BCUT2D eigenvalue weighted by molar-refractivity contribution is 5.83. The minimum atomic E-state index is -1.91. The van der Waals surface area contributed by atoms with Gasteiger partial charge in [-0.2, -0.15) is 0 Å². The van der Waals surface area contributed by atoms with Crippen LogP contribution in [0.5, 0.6) is 0 Å². The Labute approximate surface area is 295 Å². The minimum Gasteiger partial charge on any atom is -0.452 e. The molecule has 0 fully saturated rings. The molecule has 12 nitrogen and oxygen atoms in total. The van der Waals surface area contributed by atoms with Crippen LogP contribution in [-0.2, 0) is 23.9 Å². The molecule has 1 aliphatic carbocycles. The molecule has 3 amide bonds. The Bertz CT molecular complexity index is 1700. The molecule has 4 aromatic carbocycles. The van der Waals surface area contributed by atoms with Crippen molar-refractivity contribution in [1.29, 1.82) is 0 Å². The number of hydrogen-bond acceptors (Lipinski definition) is 9. The number of carbonyl (C=O) groups excluding carboxylic acids is 4. The van der Waals surface area contributed by atoms with E-state index >= 15 is 0 Å². The zero-order valence-corrected chi connectivity index (χ0v) is 27.8. The van der Waals surface area contributed by atoms with E-state index in [1.54, 1.807) is 0 Å². The molecular formula is C39H41N3O9. The Morgan fingerprint density at radius 2 is 1.27 bits per heavy atom. The van der Waals surface area contributed by atoms with Gasteiger partial charge in [-0.05, 0) is 39.8 Å². The maximum Gasteiger partial charge on any atom is 0.407 e. The summed E-state index contributed by atoms with van der Waals surface area (Å²) in [5.74, 6) is -2.37. The fourth-order valence-corrected chi connectivity index (χ4v) is 6.02. The molecule has 0 spiro atoms. The van der Waals surface area contributed by atoms with Crippen molar-refractivity contribution in [2.24, 2.45) is 0 Å². The van der Waals surface area contributed by atoms with Gasteiger partial charge in [0, 0.05) is 12.5 Å². The number of ether oxygens (including phenoxy) is 2.